The van der Waals surface area contributed by atoms with Crippen molar-refractivity contribution in [3.05, 3.63) is 64.9 Å². The molecular weight excluding hydrogens is 457 g/mol. The number of halogens is 2. The molecule has 1 atom stereocenters. The van der Waals surface area contributed by atoms with Crippen molar-refractivity contribution in [2.45, 2.75) is 19.3 Å². The summed E-state index contributed by atoms with van der Waals surface area (Å²) in [6, 6.07) is 13.1. The molecule has 4 rings (SSSR count). The molecule has 2 amide bonds. The van der Waals surface area contributed by atoms with E-state index in [-0.39, 0.29) is 30.4 Å². The molecule has 2 saturated heterocycles. The lowest BCUT2D eigenvalue weighted by Gasteiger charge is -2.43. The molecule has 2 aliphatic heterocycles. The summed E-state index contributed by atoms with van der Waals surface area (Å²) in [5.41, 5.74) is -0.499. The van der Waals surface area contributed by atoms with Gasteiger partial charge in [-0.1, -0.05) is 23.7 Å². The van der Waals surface area contributed by atoms with Crippen LogP contribution in [0.4, 0.5) is 4.39 Å². The van der Waals surface area contributed by atoms with E-state index in [1.54, 1.807) is 41.3 Å². The van der Waals surface area contributed by atoms with E-state index in [4.69, 9.17) is 16.3 Å². The van der Waals surface area contributed by atoms with Gasteiger partial charge in [-0.2, -0.15) is 0 Å². The maximum absolute atomic E-state index is 14.3. The first-order valence-electron chi connectivity index (χ1n) is 11.7. The third-order valence-corrected chi connectivity index (χ3v) is 7.05. The molecule has 0 radical (unpaired) electrons. The Labute approximate surface area is 205 Å². The summed E-state index contributed by atoms with van der Waals surface area (Å²) in [7, 11) is 2.05. The minimum absolute atomic E-state index is 0.0577. The van der Waals surface area contributed by atoms with Gasteiger partial charge in [0.1, 0.15) is 11.6 Å². The second-order valence-electron chi connectivity index (χ2n) is 9.41. The third-order valence-electron chi connectivity index (χ3n) is 6.79. The van der Waals surface area contributed by atoms with Gasteiger partial charge in [0, 0.05) is 56.1 Å². The summed E-state index contributed by atoms with van der Waals surface area (Å²) < 4.78 is 20.4. The minimum Gasteiger partial charge on any atom is -0.493 e. The van der Waals surface area contributed by atoms with E-state index in [1.165, 1.54) is 12.1 Å². The van der Waals surface area contributed by atoms with Gasteiger partial charge >= 0.3 is 0 Å². The minimum atomic E-state index is -0.556. The fourth-order valence-electron chi connectivity index (χ4n) is 4.76. The standard InChI is InChI=1S/C26H31ClFN3O3/c1-29-13-15-30(16-14-29)24(32)17-26(19-34-21-9-7-20(27)8-10-21)11-4-12-31(18-26)25(33)22-5-2-3-6-23(22)28/h2-3,5-10H,4,11-19H2,1H3. The van der Waals surface area contributed by atoms with Gasteiger partial charge in [0.15, 0.2) is 0 Å². The third kappa shape index (κ3) is 5.88. The number of ether oxygens (including phenoxy) is 1. The molecule has 0 saturated carbocycles. The van der Waals surface area contributed by atoms with Gasteiger partial charge in [-0.15, -0.1) is 0 Å². The monoisotopic (exact) mass is 487 g/mol. The van der Waals surface area contributed by atoms with Crippen LogP contribution in [0.2, 0.25) is 5.02 Å². The van der Waals surface area contributed by atoms with Gasteiger partial charge in [0.2, 0.25) is 5.91 Å². The number of hydrogen-bond acceptors (Lipinski definition) is 4. The van der Waals surface area contributed by atoms with Crippen LogP contribution in [-0.2, 0) is 4.79 Å². The summed E-state index contributed by atoms with van der Waals surface area (Å²) >= 11 is 5.99. The Kier molecular flexibility index (Phi) is 7.73. The fourth-order valence-corrected chi connectivity index (χ4v) is 4.88. The molecule has 0 spiro atoms. The van der Waals surface area contributed by atoms with Crippen molar-refractivity contribution in [2.24, 2.45) is 5.41 Å². The highest BCUT2D eigenvalue weighted by Crippen LogP contribution is 2.36. The van der Waals surface area contributed by atoms with Crippen LogP contribution in [0.15, 0.2) is 48.5 Å². The molecular formula is C26H31ClFN3O3. The van der Waals surface area contributed by atoms with E-state index in [9.17, 15) is 14.0 Å². The lowest BCUT2D eigenvalue weighted by atomic mass is 9.77. The zero-order valence-electron chi connectivity index (χ0n) is 19.5. The van der Waals surface area contributed by atoms with E-state index in [0.29, 0.717) is 37.0 Å². The van der Waals surface area contributed by atoms with Gasteiger partial charge in [-0.25, -0.2) is 4.39 Å². The highest BCUT2D eigenvalue weighted by atomic mass is 35.5. The molecule has 6 nitrogen and oxygen atoms in total. The van der Waals surface area contributed by atoms with E-state index in [1.807, 2.05) is 4.90 Å². The number of likely N-dealkylation sites (tertiary alicyclic amines) is 1. The van der Waals surface area contributed by atoms with Crippen LogP contribution in [0.5, 0.6) is 5.75 Å². The molecule has 2 aromatic rings. The average molecular weight is 488 g/mol. The number of carbonyl (C=O) groups is 2. The predicted octanol–water partition coefficient (Wildman–Crippen LogP) is 3.94. The molecule has 2 aromatic carbocycles. The van der Waals surface area contributed by atoms with Crippen LogP contribution < -0.4 is 4.74 Å². The molecule has 0 bridgehead atoms. The van der Waals surface area contributed by atoms with Crippen molar-refractivity contribution >= 4 is 23.4 Å². The number of carbonyl (C=O) groups excluding carboxylic acids is 2. The Morgan fingerprint density at radius 2 is 1.71 bits per heavy atom. The molecule has 0 aromatic heterocycles. The van der Waals surface area contributed by atoms with E-state index < -0.39 is 11.2 Å². The van der Waals surface area contributed by atoms with Gasteiger partial charge < -0.3 is 19.4 Å². The first-order chi connectivity index (χ1) is 16.3. The molecule has 8 heteroatoms. The number of likely N-dealkylation sites (N-methyl/N-ethyl adjacent to an activating group) is 1. The Balaban J connectivity index is 1.53. The van der Waals surface area contributed by atoms with Gasteiger partial charge in [0.05, 0.1) is 12.2 Å². The van der Waals surface area contributed by atoms with Crippen molar-refractivity contribution in [3.8, 4) is 5.75 Å². The van der Waals surface area contributed by atoms with Crippen molar-refractivity contribution in [1.29, 1.82) is 0 Å². The molecule has 2 fully saturated rings. The Morgan fingerprint density at radius 1 is 1.00 bits per heavy atom. The number of hydrogen-bond donors (Lipinski definition) is 0. The first-order valence-corrected chi connectivity index (χ1v) is 12.1. The Morgan fingerprint density at radius 3 is 2.41 bits per heavy atom. The summed E-state index contributed by atoms with van der Waals surface area (Å²) in [4.78, 5) is 32.3. The fraction of sp³-hybridized carbons (Fsp3) is 0.462. The smallest absolute Gasteiger partial charge is 0.256 e. The molecule has 182 valence electrons. The Hall–Kier alpha value is -2.64. The van der Waals surface area contributed by atoms with Crippen LogP contribution >= 0.6 is 11.6 Å². The molecule has 2 aliphatic rings. The summed E-state index contributed by atoms with van der Waals surface area (Å²) in [5, 5.41) is 0.617. The number of piperidine rings is 1. The molecule has 0 N–H and O–H groups in total. The highest BCUT2D eigenvalue weighted by Gasteiger charge is 2.41. The first kappa shape index (κ1) is 24.5. The van der Waals surface area contributed by atoms with Crippen LogP contribution in [-0.4, -0.2) is 79.4 Å². The van der Waals surface area contributed by atoms with Crippen LogP contribution in [0.25, 0.3) is 0 Å². The largest absolute Gasteiger partial charge is 0.493 e. The maximum Gasteiger partial charge on any atom is 0.256 e. The molecule has 34 heavy (non-hydrogen) atoms. The summed E-state index contributed by atoms with van der Waals surface area (Å²) in [6.07, 6.45) is 1.76. The number of amides is 2. The summed E-state index contributed by atoms with van der Waals surface area (Å²) in [6.45, 7) is 4.24. The highest BCUT2D eigenvalue weighted by molar-refractivity contribution is 6.30. The predicted molar refractivity (Wildman–Crippen MR) is 130 cm³/mol. The quantitative estimate of drug-likeness (QED) is 0.619. The lowest BCUT2D eigenvalue weighted by molar-refractivity contribution is -0.137. The molecule has 2 heterocycles. The van der Waals surface area contributed by atoms with Gasteiger partial charge in [0.25, 0.3) is 5.91 Å². The molecule has 0 aliphatic carbocycles. The SMILES string of the molecule is CN1CCN(C(=O)CC2(COc3ccc(Cl)cc3)CCCN(C(=O)c3ccccc3F)C2)CC1. The zero-order valence-corrected chi connectivity index (χ0v) is 20.3. The molecule has 1 unspecified atom stereocenters. The van der Waals surface area contributed by atoms with Crippen LogP contribution in [0.3, 0.4) is 0 Å². The maximum atomic E-state index is 14.3. The van der Waals surface area contributed by atoms with Crippen LogP contribution in [0, 0.1) is 11.2 Å². The number of piperazine rings is 1. The van der Waals surface area contributed by atoms with E-state index in [0.717, 1.165) is 25.9 Å². The van der Waals surface area contributed by atoms with Crippen LogP contribution in [0.1, 0.15) is 29.6 Å². The zero-order chi connectivity index (χ0) is 24.1. The van der Waals surface area contributed by atoms with Crippen molar-refractivity contribution in [3.63, 3.8) is 0 Å². The average Bonchev–Trinajstić information content (AvgIpc) is 2.84. The van der Waals surface area contributed by atoms with Gasteiger partial charge in [-0.3, -0.25) is 9.59 Å². The lowest BCUT2D eigenvalue weighted by Crippen LogP contribution is -2.53. The van der Waals surface area contributed by atoms with Gasteiger partial charge in [-0.05, 0) is 56.3 Å². The number of benzene rings is 2. The second-order valence-corrected chi connectivity index (χ2v) is 9.85. The van der Waals surface area contributed by atoms with E-state index >= 15 is 0 Å². The number of nitrogens with zero attached hydrogens (tertiary/aromatic N) is 3. The van der Waals surface area contributed by atoms with E-state index in [2.05, 4.69) is 11.9 Å². The van der Waals surface area contributed by atoms with Crippen molar-refractivity contribution in [2.75, 3.05) is 52.9 Å². The van der Waals surface area contributed by atoms with Crippen molar-refractivity contribution < 1.29 is 18.7 Å². The summed E-state index contributed by atoms with van der Waals surface area (Å²) in [5.74, 6) is -0.142. The van der Waals surface area contributed by atoms with Crippen molar-refractivity contribution in [1.82, 2.24) is 14.7 Å². The number of rotatable bonds is 6. The topological polar surface area (TPSA) is 53.1 Å². The Bertz CT molecular complexity index is 1010. The normalized spacial score (nSPS) is 21.4. The second kappa shape index (κ2) is 10.7.